The quantitative estimate of drug-likeness (QED) is 0.627. The van der Waals surface area contributed by atoms with Gasteiger partial charge in [0.1, 0.15) is 5.60 Å². The Kier molecular flexibility index (Phi) is 2.07. The molecule has 1 aliphatic heterocycles. The largest absolute Gasteiger partial charge is 0.443 e. The fraction of sp³-hybridized carbons (Fsp3) is 0.875. The first-order valence-corrected chi connectivity index (χ1v) is 4.01. The molecule has 1 saturated heterocycles. The SMILES string of the molecule is CC(C)C1(C)CCNC(=O)O1. The monoisotopic (exact) mass is 157 g/mol. The van der Waals surface area contributed by atoms with Gasteiger partial charge < -0.3 is 10.1 Å². The minimum Gasteiger partial charge on any atom is -0.443 e. The van der Waals surface area contributed by atoms with E-state index >= 15 is 0 Å². The molecule has 0 aromatic heterocycles. The van der Waals surface area contributed by atoms with Crippen LogP contribution in [0.25, 0.3) is 0 Å². The molecule has 0 aromatic rings. The lowest BCUT2D eigenvalue weighted by Gasteiger charge is -2.36. The van der Waals surface area contributed by atoms with E-state index in [4.69, 9.17) is 4.74 Å². The zero-order valence-electron chi connectivity index (χ0n) is 7.31. The van der Waals surface area contributed by atoms with Gasteiger partial charge in [0.05, 0.1) is 0 Å². The van der Waals surface area contributed by atoms with Gasteiger partial charge in [0.25, 0.3) is 0 Å². The highest BCUT2D eigenvalue weighted by atomic mass is 16.6. The summed E-state index contributed by atoms with van der Waals surface area (Å²) in [6.07, 6.45) is 0.614. The Morgan fingerprint density at radius 3 is 2.64 bits per heavy atom. The number of carbonyl (C=O) groups is 1. The van der Waals surface area contributed by atoms with Crippen molar-refractivity contribution in [2.45, 2.75) is 32.8 Å². The van der Waals surface area contributed by atoms with E-state index in [2.05, 4.69) is 19.2 Å². The van der Waals surface area contributed by atoms with Crippen molar-refractivity contribution in [1.29, 1.82) is 0 Å². The van der Waals surface area contributed by atoms with Crippen molar-refractivity contribution in [3.63, 3.8) is 0 Å². The Hall–Kier alpha value is -0.730. The average molecular weight is 157 g/mol. The number of carbonyl (C=O) groups excluding carboxylic acids is 1. The van der Waals surface area contributed by atoms with Crippen LogP contribution >= 0.6 is 0 Å². The number of hydrogen-bond donors (Lipinski definition) is 1. The van der Waals surface area contributed by atoms with E-state index in [-0.39, 0.29) is 11.7 Å². The Morgan fingerprint density at radius 2 is 2.27 bits per heavy atom. The maximum atomic E-state index is 10.8. The summed E-state index contributed by atoms with van der Waals surface area (Å²) in [5.41, 5.74) is -0.262. The van der Waals surface area contributed by atoms with Crippen LogP contribution < -0.4 is 5.32 Å². The molecule has 0 bridgehead atoms. The van der Waals surface area contributed by atoms with Gasteiger partial charge in [-0.1, -0.05) is 13.8 Å². The lowest BCUT2D eigenvalue weighted by Crippen LogP contribution is -2.48. The van der Waals surface area contributed by atoms with Crippen molar-refractivity contribution >= 4 is 6.09 Å². The minimum absolute atomic E-state index is 0.262. The number of ether oxygens (including phenoxy) is 1. The van der Waals surface area contributed by atoms with E-state index in [9.17, 15) is 4.79 Å². The standard InChI is InChI=1S/C8H15NO2/c1-6(2)8(3)4-5-9-7(10)11-8/h6H,4-5H2,1-3H3,(H,9,10). The van der Waals surface area contributed by atoms with Crippen LogP contribution in [0.15, 0.2) is 0 Å². The van der Waals surface area contributed by atoms with Crippen molar-refractivity contribution < 1.29 is 9.53 Å². The third kappa shape index (κ3) is 1.64. The molecule has 1 fully saturated rings. The molecule has 0 radical (unpaired) electrons. The van der Waals surface area contributed by atoms with Gasteiger partial charge in [-0.3, -0.25) is 0 Å². The number of alkyl carbamates (subject to hydrolysis) is 1. The first kappa shape index (κ1) is 8.37. The maximum Gasteiger partial charge on any atom is 0.407 e. The molecule has 1 heterocycles. The summed E-state index contributed by atoms with van der Waals surface area (Å²) in [5.74, 6) is 0.383. The Labute approximate surface area is 67.1 Å². The topological polar surface area (TPSA) is 38.3 Å². The van der Waals surface area contributed by atoms with Crippen LogP contribution in [0.3, 0.4) is 0 Å². The summed E-state index contributed by atoms with van der Waals surface area (Å²) in [4.78, 5) is 10.8. The molecule has 3 nitrogen and oxygen atoms in total. The lowest BCUT2D eigenvalue weighted by atomic mass is 9.88. The molecule has 1 amide bonds. The van der Waals surface area contributed by atoms with E-state index in [1.807, 2.05) is 6.92 Å². The third-order valence-electron chi connectivity index (χ3n) is 2.44. The zero-order valence-corrected chi connectivity index (χ0v) is 7.31. The van der Waals surface area contributed by atoms with Gasteiger partial charge in [0.2, 0.25) is 0 Å². The number of nitrogens with one attached hydrogen (secondary N) is 1. The molecular formula is C8H15NO2. The van der Waals surface area contributed by atoms with Crippen LogP contribution in [0.2, 0.25) is 0 Å². The van der Waals surface area contributed by atoms with Crippen LogP contribution in [0.4, 0.5) is 4.79 Å². The van der Waals surface area contributed by atoms with Crippen LogP contribution in [0, 0.1) is 5.92 Å². The molecule has 1 rings (SSSR count). The Balaban J connectivity index is 2.62. The predicted molar refractivity (Wildman–Crippen MR) is 42.3 cm³/mol. The van der Waals surface area contributed by atoms with Crippen molar-refractivity contribution in [3.05, 3.63) is 0 Å². The molecular weight excluding hydrogens is 142 g/mol. The van der Waals surface area contributed by atoms with Crippen molar-refractivity contribution in [1.82, 2.24) is 5.32 Å². The van der Waals surface area contributed by atoms with E-state index < -0.39 is 0 Å². The normalized spacial score (nSPS) is 31.5. The fourth-order valence-corrected chi connectivity index (χ4v) is 1.12. The van der Waals surface area contributed by atoms with Gasteiger partial charge in [-0.05, 0) is 12.8 Å². The average Bonchev–Trinajstić information content (AvgIpc) is 1.86. The second-order valence-corrected chi connectivity index (χ2v) is 3.53. The second kappa shape index (κ2) is 2.72. The van der Waals surface area contributed by atoms with Gasteiger partial charge in [-0.15, -0.1) is 0 Å². The zero-order chi connectivity index (χ0) is 8.48. The molecule has 1 aliphatic rings. The molecule has 64 valence electrons. The van der Waals surface area contributed by atoms with Crippen molar-refractivity contribution in [2.24, 2.45) is 5.92 Å². The summed E-state index contributed by atoms with van der Waals surface area (Å²) < 4.78 is 5.19. The number of rotatable bonds is 1. The molecule has 0 saturated carbocycles. The minimum atomic E-state index is -0.285. The highest BCUT2D eigenvalue weighted by Gasteiger charge is 2.35. The second-order valence-electron chi connectivity index (χ2n) is 3.53. The van der Waals surface area contributed by atoms with E-state index in [1.54, 1.807) is 0 Å². The molecule has 0 spiro atoms. The van der Waals surface area contributed by atoms with E-state index in [1.165, 1.54) is 0 Å². The molecule has 11 heavy (non-hydrogen) atoms. The Morgan fingerprint density at radius 1 is 1.64 bits per heavy atom. The summed E-state index contributed by atoms with van der Waals surface area (Å²) in [5, 5.41) is 2.63. The molecule has 1 N–H and O–H groups in total. The number of hydrogen-bond acceptors (Lipinski definition) is 2. The smallest absolute Gasteiger partial charge is 0.407 e. The fourth-order valence-electron chi connectivity index (χ4n) is 1.12. The summed E-state index contributed by atoms with van der Waals surface area (Å²) in [6, 6.07) is 0. The number of cyclic esters (lactones) is 1. The highest BCUT2D eigenvalue weighted by molar-refractivity contribution is 5.68. The first-order chi connectivity index (χ1) is 5.04. The third-order valence-corrected chi connectivity index (χ3v) is 2.44. The molecule has 0 aromatic carbocycles. The molecule has 3 heteroatoms. The van der Waals surface area contributed by atoms with Gasteiger partial charge >= 0.3 is 6.09 Å². The lowest BCUT2D eigenvalue weighted by molar-refractivity contribution is -0.0317. The van der Waals surface area contributed by atoms with Crippen LogP contribution in [-0.2, 0) is 4.74 Å². The highest BCUT2D eigenvalue weighted by Crippen LogP contribution is 2.27. The maximum absolute atomic E-state index is 10.8. The first-order valence-electron chi connectivity index (χ1n) is 4.01. The number of amides is 1. The van der Waals surface area contributed by atoms with Gasteiger partial charge in [0.15, 0.2) is 0 Å². The van der Waals surface area contributed by atoms with Crippen LogP contribution in [-0.4, -0.2) is 18.2 Å². The summed E-state index contributed by atoms with van der Waals surface area (Å²) >= 11 is 0. The van der Waals surface area contributed by atoms with Crippen molar-refractivity contribution in [2.75, 3.05) is 6.54 Å². The predicted octanol–water partition coefficient (Wildman–Crippen LogP) is 1.53. The summed E-state index contributed by atoms with van der Waals surface area (Å²) in [7, 11) is 0. The van der Waals surface area contributed by atoms with Crippen LogP contribution in [0.1, 0.15) is 27.2 Å². The van der Waals surface area contributed by atoms with E-state index in [0.717, 1.165) is 13.0 Å². The van der Waals surface area contributed by atoms with Gasteiger partial charge in [0, 0.05) is 13.0 Å². The van der Waals surface area contributed by atoms with Gasteiger partial charge in [-0.25, -0.2) is 4.79 Å². The molecule has 1 atom stereocenters. The Bertz CT molecular complexity index is 167. The summed E-state index contributed by atoms with van der Waals surface area (Å²) in [6.45, 7) is 6.85. The molecule has 1 unspecified atom stereocenters. The van der Waals surface area contributed by atoms with Crippen LogP contribution in [0.5, 0.6) is 0 Å². The van der Waals surface area contributed by atoms with E-state index in [0.29, 0.717) is 5.92 Å². The van der Waals surface area contributed by atoms with Gasteiger partial charge in [-0.2, -0.15) is 0 Å². The molecule has 0 aliphatic carbocycles. The van der Waals surface area contributed by atoms with Crippen molar-refractivity contribution in [3.8, 4) is 0 Å².